The molecule has 0 atom stereocenters. The number of hydrogen-bond donors (Lipinski definition) is 1. The molecule has 0 unspecified atom stereocenters. The molecule has 0 bridgehead atoms. The maximum atomic E-state index is 11.0. The zero-order valence-electron chi connectivity index (χ0n) is 8.77. The van der Waals surface area contributed by atoms with Crippen LogP contribution in [0.25, 0.3) is 0 Å². The molecule has 84 valence electrons. The molecule has 1 heterocycles. The van der Waals surface area contributed by atoms with Crippen LogP contribution in [0, 0.1) is 27.2 Å². The SMILES string of the molecule is CNCCC#Cc1c[n+]([O-])ccc1[N+](=O)[O-]. The van der Waals surface area contributed by atoms with E-state index in [1.807, 2.05) is 0 Å². The van der Waals surface area contributed by atoms with Gasteiger partial charge in [-0.1, -0.05) is 11.8 Å². The van der Waals surface area contributed by atoms with Crippen LogP contribution in [-0.2, 0) is 0 Å². The Kier molecular flexibility index (Phi) is 4.24. The average molecular weight is 221 g/mol. The zero-order chi connectivity index (χ0) is 12.0. The van der Waals surface area contributed by atoms with Crippen LogP contribution in [-0.4, -0.2) is 18.5 Å². The van der Waals surface area contributed by atoms with E-state index in [1.54, 1.807) is 7.05 Å². The van der Waals surface area contributed by atoms with Gasteiger partial charge in [0.1, 0.15) is 0 Å². The van der Waals surface area contributed by atoms with Crippen LogP contribution >= 0.6 is 0 Å². The normalized spacial score (nSPS) is 9.31. The summed E-state index contributed by atoms with van der Waals surface area (Å²) in [5.41, 5.74) is -0.0114. The Hall–Kier alpha value is -2.13. The fourth-order valence-electron chi connectivity index (χ4n) is 1.07. The first-order valence-corrected chi connectivity index (χ1v) is 4.66. The number of aromatic nitrogens is 1. The van der Waals surface area contributed by atoms with Gasteiger partial charge in [0.05, 0.1) is 11.0 Å². The van der Waals surface area contributed by atoms with Crippen molar-refractivity contribution in [3.8, 4) is 11.8 Å². The van der Waals surface area contributed by atoms with Gasteiger partial charge in [-0.2, -0.15) is 4.73 Å². The van der Waals surface area contributed by atoms with Gasteiger partial charge in [-0.05, 0) is 7.05 Å². The van der Waals surface area contributed by atoms with Gasteiger partial charge in [0.15, 0.2) is 11.8 Å². The van der Waals surface area contributed by atoms with Gasteiger partial charge in [0, 0.05) is 13.0 Å². The van der Waals surface area contributed by atoms with E-state index in [1.165, 1.54) is 0 Å². The lowest BCUT2D eigenvalue weighted by atomic mass is 10.2. The highest BCUT2D eigenvalue weighted by Gasteiger charge is 2.14. The Bertz CT molecular complexity index is 448. The van der Waals surface area contributed by atoms with E-state index < -0.39 is 4.92 Å². The van der Waals surface area contributed by atoms with Gasteiger partial charge in [-0.15, -0.1) is 0 Å². The van der Waals surface area contributed by atoms with Crippen molar-refractivity contribution >= 4 is 5.69 Å². The quantitative estimate of drug-likeness (QED) is 0.197. The lowest BCUT2D eigenvalue weighted by molar-refractivity contribution is -0.606. The largest absolute Gasteiger partial charge is 0.619 e. The first-order chi connectivity index (χ1) is 7.65. The molecule has 0 aliphatic carbocycles. The summed E-state index contributed by atoms with van der Waals surface area (Å²) >= 11 is 0. The third-order valence-corrected chi connectivity index (χ3v) is 1.83. The summed E-state index contributed by atoms with van der Waals surface area (Å²) in [7, 11) is 1.79. The molecule has 1 aromatic heterocycles. The van der Waals surface area contributed by atoms with Crippen LogP contribution in [0.4, 0.5) is 5.69 Å². The number of hydrogen-bond acceptors (Lipinski definition) is 4. The Morgan fingerprint density at radius 3 is 3.00 bits per heavy atom. The summed E-state index contributed by atoms with van der Waals surface area (Å²) in [6, 6.07) is 1.15. The summed E-state index contributed by atoms with van der Waals surface area (Å²) in [5, 5.41) is 24.5. The topological polar surface area (TPSA) is 82.1 Å². The van der Waals surface area contributed by atoms with Crippen LogP contribution in [0.15, 0.2) is 18.5 Å². The number of pyridine rings is 1. The first kappa shape index (κ1) is 11.9. The molecular formula is C10H11N3O3. The molecule has 0 fully saturated rings. The third-order valence-electron chi connectivity index (χ3n) is 1.83. The van der Waals surface area contributed by atoms with E-state index in [9.17, 15) is 15.3 Å². The monoisotopic (exact) mass is 221 g/mol. The van der Waals surface area contributed by atoms with Gasteiger partial charge >= 0.3 is 0 Å². The van der Waals surface area contributed by atoms with Crippen LogP contribution < -0.4 is 10.0 Å². The molecule has 16 heavy (non-hydrogen) atoms. The first-order valence-electron chi connectivity index (χ1n) is 4.66. The minimum atomic E-state index is -0.553. The molecule has 0 saturated carbocycles. The van der Waals surface area contributed by atoms with Crippen molar-refractivity contribution in [1.82, 2.24) is 5.32 Å². The van der Waals surface area contributed by atoms with E-state index >= 15 is 0 Å². The maximum absolute atomic E-state index is 11.0. The Balaban J connectivity index is 2.95. The average Bonchev–Trinajstić information content (AvgIpc) is 2.24. The molecule has 0 aliphatic heterocycles. The molecule has 0 radical (unpaired) electrons. The Labute approximate surface area is 92.6 Å². The Morgan fingerprint density at radius 2 is 2.38 bits per heavy atom. The van der Waals surface area contributed by atoms with Crippen LogP contribution in [0.3, 0.4) is 0 Å². The summed E-state index contributed by atoms with van der Waals surface area (Å²) in [6.07, 6.45) is 2.75. The number of nitrogens with zero attached hydrogens (tertiary/aromatic N) is 2. The molecule has 6 nitrogen and oxygen atoms in total. The van der Waals surface area contributed by atoms with Crippen molar-refractivity contribution in [2.24, 2.45) is 0 Å². The molecule has 0 aliphatic rings. The minimum absolute atomic E-state index is 0.138. The fourth-order valence-corrected chi connectivity index (χ4v) is 1.07. The zero-order valence-corrected chi connectivity index (χ0v) is 8.77. The van der Waals surface area contributed by atoms with Gasteiger partial charge < -0.3 is 10.5 Å². The second-order valence-corrected chi connectivity index (χ2v) is 3.02. The highest BCUT2D eigenvalue weighted by Crippen LogP contribution is 2.13. The van der Waals surface area contributed by atoms with Crippen molar-refractivity contribution in [1.29, 1.82) is 0 Å². The van der Waals surface area contributed by atoms with Crippen molar-refractivity contribution in [3.63, 3.8) is 0 Å². The third kappa shape index (κ3) is 3.22. The van der Waals surface area contributed by atoms with Gasteiger partial charge in [-0.3, -0.25) is 10.1 Å². The summed E-state index contributed by atoms with van der Waals surface area (Å²) in [5.74, 6) is 5.37. The van der Waals surface area contributed by atoms with Gasteiger partial charge in [0.25, 0.3) is 5.69 Å². The fraction of sp³-hybridized carbons (Fsp3) is 0.300. The van der Waals surface area contributed by atoms with Crippen molar-refractivity contribution < 1.29 is 9.65 Å². The summed E-state index contributed by atoms with van der Waals surface area (Å²) < 4.78 is 0.495. The minimum Gasteiger partial charge on any atom is -0.619 e. The standard InChI is InChI=1S/C10H11N3O3/c1-11-6-3-2-4-9-8-12(14)7-5-10(9)13(15)16/h5,7-8,11H,3,6H2,1H3. The van der Waals surface area contributed by atoms with Crippen LogP contribution in [0.2, 0.25) is 0 Å². The van der Waals surface area contributed by atoms with Crippen molar-refractivity contribution in [3.05, 3.63) is 39.3 Å². The second kappa shape index (κ2) is 5.68. The van der Waals surface area contributed by atoms with E-state index in [4.69, 9.17) is 0 Å². The van der Waals surface area contributed by atoms with Gasteiger partial charge in [0.2, 0.25) is 6.20 Å². The molecule has 1 N–H and O–H groups in total. The highest BCUT2D eigenvalue weighted by molar-refractivity contribution is 5.47. The number of rotatable bonds is 3. The second-order valence-electron chi connectivity index (χ2n) is 3.02. The summed E-state index contributed by atoms with van der Waals surface area (Å²) in [4.78, 5) is 10.1. The van der Waals surface area contributed by atoms with E-state index in [-0.39, 0.29) is 11.3 Å². The smallest absolute Gasteiger partial charge is 0.297 e. The van der Waals surface area contributed by atoms with Crippen LogP contribution in [0.1, 0.15) is 12.0 Å². The molecule has 0 aromatic carbocycles. The molecule has 0 spiro atoms. The maximum Gasteiger partial charge on any atom is 0.297 e. The van der Waals surface area contributed by atoms with E-state index in [2.05, 4.69) is 17.2 Å². The van der Waals surface area contributed by atoms with Crippen LogP contribution in [0.5, 0.6) is 0 Å². The molecular weight excluding hydrogens is 210 g/mol. The number of nitro groups is 1. The highest BCUT2D eigenvalue weighted by atomic mass is 16.6. The number of nitrogens with one attached hydrogen (secondary N) is 1. The lowest BCUT2D eigenvalue weighted by Crippen LogP contribution is -2.25. The van der Waals surface area contributed by atoms with Crippen molar-refractivity contribution in [2.45, 2.75) is 6.42 Å². The van der Waals surface area contributed by atoms with Gasteiger partial charge in [-0.25, -0.2) is 0 Å². The molecule has 0 saturated heterocycles. The molecule has 6 heteroatoms. The van der Waals surface area contributed by atoms with E-state index in [0.29, 0.717) is 17.7 Å². The van der Waals surface area contributed by atoms with Crippen molar-refractivity contribution in [2.75, 3.05) is 13.6 Å². The molecule has 0 amide bonds. The van der Waals surface area contributed by atoms with E-state index in [0.717, 1.165) is 18.5 Å². The summed E-state index contributed by atoms with van der Waals surface area (Å²) in [6.45, 7) is 0.699. The predicted octanol–water partition coefficient (Wildman–Crippen LogP) is 0.189. The lowest BCUT2D eigenvalue weighted by Gasteiger charge is -1.96. The predicted molar refractivity (Wildman–Crippen MR) is 57.5 cm³/mol. The molecule has 1 aromatic rings. The Morgan fingerprint density at radius 1 is 1.62 bits per heavy atom. The molecule has 1 rings (SSSR count).